The minimum atomic E-state index is -3.75. The molecule has 3 aromatic rings. The Morgan fingerprint density at radius 2 is 1.53 bits per heavy atom. The van der Waals surface area contributed by atoms with Crippen molar-refractivity contribution in [2.24, 2.45) is 0 Å². The summed E-state index contributed by atoms with van der Waals surface area (Å²) in [6, 6.07) is 19.1. The van der Waals surface area contributed by atoms with Gasteiger partial charge in [0.05, 0.1) is 10.6 Å². The van der Waals surface area contributed by atoms with Gasteiger partial charge in [-0.2, -0.15) is 0 Å². The molecule has 0 aliphatic rings. The summed E-state index contributed by atoms with van der Waals surface area (Å²) in [5.41, 5.74) is 3.94. The Balaban J connectivity index is 1.68. The van der Waals surface area contributed by atoms with Crippen LogP contribution in [0.4, 0.5) is 11.4 Å². The summed E-state index contributed by atoms with van der Waals surface area (Å²) in [7, 11) is -3.75. The minimum absolute atomic E-state index is 0.111. The number of rotatable bonds is 8. The molecular formula is C25H28N2O4S. The van der Waals surface area contributed by atoms with Crippen LogP contribution in [0, 0.1) is 20.8 Å². The molecule has 2 N–H and O–H groups in total. The highest BCUT2D eigenvalue weighted by Gasteiger charge is 2.20. The van der Waals surface area contributed by atoms with Gasteiger partial charge in [-0.05, 0) is 80.8 Å². The van der Waals surface area contributed by atoms with Crippen molar-refractivity contribution in [3.8, 4) is 5.75 Å². The van der Waals surface area contributed by atoms with E-state index in [0.717, 1.165) is 16.7 Å². The third-order valence-electron chi connectivity index (χ3n) is 5.03. The molecule has 0 bridgehead atoms. The number of hydrogen-bond acceptors (Lipinski definition) is 4. The SMILES string of the molecule is CC[C@H](Oc1ccc(C)cc1)C(=O)Nc1ccc(S(=O)(=O)Nc2cc(C)ccc2C)cc1. The largest absolute Gasteiger partial charge is 0.481 e. The van der Waals surface area contributed by atoms with Gasteiger partial charge in [0.25, 0.3) is 15.9 Å². The van der Waals surface area contributed by atoms with Crippen LogP contribution in [0.5, 0.6) is 5.75 Å². The van der Waals surface area contributed by atoms with Crippen molar-refractivity contribution in [3.05, 3.63) is 83.4 Å². The Bertz CT molecular complexity index is 1190. The normalized spacial score (nSPS) is 12.1. The fourth-order valence-corrected chi connectivity index (χ4v) is 4.21. The fourth-order valence-electron chi connectivity index (χ4n) is 3.09. The minimum Gasteiger partial charge on any atom is -0.481 e. The van der Waals surface area contributed by atoms with Crippen molar-refractivity contribution in [3.63, 3.8) is 0 Å². The average molecular weight is 453 g/mol. The van der Waals surface area contributed by atoms with Gasteiger partial charge >= 0.3 is 0 Å². The van der Waals surface area contributed by atoms with Crippen LogP contribution >= 0.6 is 0 Å². The molecule has 3 rings (SSSR count). The molecule has 0 heterocycles. The van der Waals surface area contributed by atoms with Crippen molar-refractivity contribution in [2.75, 3.05) is 10.0 Å². The lowest BCUT2D eigenvalue weighted by molar-refractivity contribution is -0.122. The van der Waals surface area contributed by atoms with Gasteiger partial charge in [0.1, 0.15) is 5.75 Å². The highest BCUT2D eigenvalue weighted by molar-refractivity contribution is 7.92. The van der Waals surface area contributed by atoms with E-state index in [1.807, 2.05) is 64.1 Å². The van der Waals surface area contributed by atoms with Gasteiger partial charge in [0, 0.05) is 5.69 Å². The van der Waals surface area contributed by atoms with Gasteiger partial charge in [0.2, 0.25) is 0 Å². The topological polar surface area (TPSA) is 84.5 Å². The first-order valence-electron chi connectivity index (χ1n) is 10.4. The van der Waals surface area contributed by atoms with Crippen molar-refractivity contribution >= 4 is 27.3 Å². The molecule has 1 atom stereocenters. The van der Waals surface area contributed by atoms with Gasteiger partial charge in [-0.15, -0.1) is 0 Å². The number of amides is 1. The highest BCUT2D eigenvalue weighted by Crippen LogP contribution is 2.22. The maximum Gasteiger partial charge on any atom is 0.265 e. The number of ether oxygens (including phenoxy) is 1. The monoisotopic (exact) mass is 452 g/mol. The summed E-state index contributed by atoms with van der Waals surface area (Å²) < 4.78 is 34.0. The number of nitrogens with one attached hydrogen (secondary N) is 2. The molecule has 0 spiro atoms. The third-order valence-corrected chi connectivity index (χ3v) is 6.41. The van der Waals surface area contributed by atoms with E-state index >= 15 is 0 Å². The molecule has 0 aliphatic carbocycles. The standard InChI is InChI=1S/C25H28N2O4S/c1-5-24(31-21-12-7-17(2)8-13-21)25(28)26-20-10-14-22(15-11-20)32(29,30)27-23-16-18(3)6-9-19(23)4/h6-16,24,27H,5H2,1-4H3,(H,26,28)/t24-/m0/s1. The Kier molecular flexibility index (Phi) is 7.20. The zero-order chi connectivity index (χ0) is 23.3. The smallest absolute Gasteiger partial charge is 0.265 e. The lowest BCUT2D eigenvalue weighted by Gasteiger charge is -2.17. The number of carbonyl (C=O) groups is 1. The maximum atomic E-state index is 12.8. The van der Waals surface area contributed by atoms with Crippen molar-refractivity contribution in [1.82, 2.24) is 0 Å². The molecule has 7 heteroatoms. The first-order chi connectivity index (χ1) is 15.2. The number of hydrogen-bond donors (Lipinski definition) is 2. The molecule has 1 amide bonds. The number of aryl methyl sites for hydroxylation is 3. The molecule has 0 saturated heterocycles. The van der Waals surface area contributed by atoms with Crippen LogP contribution in [0.3, 0.4) is 0 Å². The van der Waals surface area contributed by atoms with Gasteiger partial charge in [-0.25, -0.2) is 8.42 Å². The van der Waals surface area contributed by atoms with Crippen LogP contribution in [0.2, 0.25) is 0 Å². The maximum absolute atomic E-state index is 12.8. The van der Waals surface area contributed by atoms with E-state index in [1.165, 1.54) is 12.1 Å². The van der Waals surface area contributed by atoms with Crippen molar-refractivity contribution in [2.45, 2.75) is 45.1 Å². The lowest BCUT2D eigenvalue weighted by atomic mass is 10.1. The fraction of sp³-hybridized carbons (Fsp3) is 0.240. The second-order valence-corrected chi connectivity index (χ2v) is 9.45. The predicted octanol–water partition coefficient (Wildman–Crippen LogP) is 5.21. The van der Waals surface area contributed by atoms with E-state index < -0.39 is 16.1 Å². The molecule has 3 aromatic carbocycles. The van der Waals surface area contributed by atoms with Crippen LogP contribution in [0.15, 0.2) is 71.6 Å². The first kappa shape index (κ1) is 23.3. The van der Waals surface area contributed by atoms with E-state index in [0.29, 0.717) is 23.5 Å². The summed E-state index contributed by atoms with van der Waals surface area (Å²) in [6.07, 6.45) is -0.168. The number of sulfonamides is 1. The molecular weight excluding hydrogens is 424 g/mol. The Morgan fingerprint density at radius 1 is 0.906 bits per heavy atom. The summed E-state index contributed by atoms with van der Waals surface area (Å²) in [4.78, 5) is 12.8. The van der Waals surface area contributed by atoms with Gasteiger partial charge in [-0.1, -0.05) is 36.8 Å². The quantitative estimate of drug-likeness (QED) is 0.491. The lowest BCUT2D eigenvalue weighted by Crippen LogP contribution is -2.32. The van der Waals surface area contributed by atoms with E-state index in [4.69, 9.17) is 4.74 Å². The predicted molar refractivity (Wildman–Crippen MR) is 128 cm³/mol. The van der Waals surface area contributed by atoms with Crippen LogP contribution in [-0.4, -0.2) is 20.4 Å². The number of benzene rings is 3. The molecule has 168 valence electrons. The van der Waals surface area contributed by atoms with Gasteiger partial charge in [0.15, 0.2) is 6.10 Å². The molecule has 0 fully saturated rings. The molecule has 0 unspecified atom stereocenters. The Hall–Kier alpha value is -3.32. The molecule has 0 aliphatic heterocycles. The van der Waals surface area contributed by atoms with Crippen LogP contribution in [0.1, 0.15) is 30.0 Å². The van der Waals surface area contributed by atoms with Crippen LogP contribution in [-0.2, 0) is 14.8 Å². The molecule has 0 saturated carbocycles. The second-order valence-electron chi connectivity index (χ2n) is 7.77. The Morgan fingerprint density at radius 3 is 2.16 bits per heavy atom. The second kappa shape index (κ2) is 9.87. The molecule has 32 heavy (non-hydrogen) atoms. The van der Waals surface area contributed by atoms with E-state index in [9.17, 15) is 13.2 Å². The number of anilines is 2. The van der Waals surface area contributed by atoms with Crippen LogP contribution in [0.25, 0.3) is 0 Å². The Labute approximate surface area is 189 Å². The van der Waals surface area contributed by atoms with E-state index in [1.54, 1.807) is 18.2 Å². The summed E-state index contributed by atoms with van der Waals surface area (Å²) in [6.45, 7) is 7.60. The molecule has 0 aromatic heterocycles. The zero-order valence-corrected chi connectivity index (χ0v) is 19.5. The first-order valence-corrected chi connectivity index (χ1v) is 11.9. The van der Waals surface area contributed by atoms with E-state index in [2.05, 4.69) is 10.0 Å². The summed E-state index contributed by atoms with van der Waals surface area (Å²) >= 11 is 0. The van der Waals surface area contributed by atoms with Crippen molar-refractivity contribution in [1.29, 1.82) is 0 Å². The average Bonchev–Trinajstić information content (AvgIpc) is 2.76. The molecule has 6 nitrogen and oxygen atoms in total. The molecule has 0 radical (unpaired) electrons. The third kappa shape index (κ3) is 5.88. The summed E-state index contributed by atoms with van der Waals surface area (Å²) in [5, 5.41) is 2.79. The highest BCUT2D eigenvalue weighted by atomic mass is 32.2. The summed E-state index contributed by atoms with van der Waals surface area (Å²) in [5.74, 6) is 0.328. The number of carbonyl (C=O) groups excluding carboxylic acids is 1. The van der Waals surface area contributed by atoms with Crippen LogP contribution < -0.4 is 14.8 Å². The van der Waals surface area contributed by atoms with Gasteiger partial charge in [-0.3, -0.25) is 9.52 Å². The zero-order valence-electron chi connectivity index (χ0n) is 18.7. The van der Waals surface area contributed by atoms with Gasteiger partial charge < -0.3 is 10.1 Å². The van der Waals surface area contributed by atoms with Crippen molar-refractivity contribution < 1.29 is 17.9 Å². The van der Waals surface area contributed by atoms with E-state index in [-0.39, 0.29) is 10.8 Å².